The van der Waals surface area contributed by atoms with Gasteiger partial charge in [-0.15, -0.1) is 0 Å². The van der Waals surface area contributed by atoms with Gasteiger partial charge in [-0.05, 0) is 19.3 Å². The maximum atomic E-state index is 5.77. The first kappa shape index (κ1) is 9.77. The standard InChI is InChI=1S/C9H15Cl/c1-3-5-6-7-8-9(10)4-2/h5-6,8H,3-4,7H2,1-2H3/b6-5-,9-8+. The molecule has 0 atom stereocenters. The van der Waals surface area contributed by atoms with Gasteiger partial charge < -0.3 is 0 Å². The van der Waals surface area contributed by atoms with Gasteiger partial charge in [0.15, 0.2) is 0 Å². The molecular formula is C9H15Cl. The minimum atomic E-state index is 0.946. The second kappa shape index (κ2) is 6.88. The molecule has 0 radical (unpaired) electrons. The van der Waals surface area contributed by atoms with Crippen LogP contribution < -0.4 is 0 Å². The molecule has 0 fully saturated rings. The highest BCUT2D eigenvalue weighted by Gasteiger charge is 1.82. The molecular weight excluding hydrogens is 144 g/mol. The van der Waals surface area contributed by atoms with Crippen LogP contribution in [-0.2, 0) is 0 Å². The van der Waals surface area contributed by atoms with E-state index in [1.807, 2.05) is 6.08 Å². The predicted molar refractivity (Wildman–Crippen MR) is 48.3 cm³/mol. The second-order valence-corrected chi connectivity index (χ2v) is 2.61. The SMILES string of the molecule is CC/C=C\C/C=C(/Cl)CC. The third-order valence-electron chi connectivity index (χ3n) is 1.22. The van der Waals surface area contributed by atoms with Gasteiger partial charge in [-0.2, -0.15) is 0 Å². The Bertz CT molecular complexity index is 123. The van der Waals surface area contributed by atoms with Gasteiger partial charge >= 0.3 is 0 Å². The van der Waals surface area contributed by atoms with Crippen molar-refractivity contribution in [1.82, 2.24) is 0 Å². The molecule has 0 N–H and O–H groups in total. The van der Waals surface area contributed by atoms with Crippen molar-refractivity contribution in [3.63, 3.8) is 0 Å². The van der Waals surface area contributed by atoms with Gasteiger partial charge in [0.1, 0.15) is 0 Å². The quantitative estimate of drug-likeness (QED) is 0.545. The summed E-state index contributed by atoms with van der Waals surface area (Å²) in [6.45, 7) is 4.18. The fraction of sp³-hybridized carbons (Fsp3) is 0.556. The summed E-state index contributed by atoms with van der Waals surface area (Å²) in [5.41, 5.74) is 0. The van der Waals surface area contributed by atoms with Crippen molar-refractivity contribution < 1.29 is 0 Å². The first-order chi connectivity index (χ1) is 4.81. The number of rotatable bonds is 4. The van der Waals surface area contributed by atoms with Gasteiger partial charge in [0.2, 0.25) is 0 Å². The fourth-order valence-corrected chi connectivity index (χ4v) is 0.692. The number of halogens is 1. The van der Waals surface area contributed by atoms with Crippen LogP contribution in [0.1, 0.15) is 33.1 Å². The van der Waals surface area contributed by atoms with Gasteiger partial charge in [-0.1, -0.05) is 43.7 Å². The van der Waals surface area contributed by atoms with E-state index in [1.165, 1.54) is 0 Å². The zero-order chi connectivity index (χ0) is 7.82. The molecule has 0 nitrogen and oxygen atoms in total. The monoisotopic (exact) mass is 158 g/mol. The Hall–Kier alpha value is -0.230. The molecule has 0 amide bonds. The highest BCUT2D eigenvalue weighted by Crippen LogP contribution is 2.06. The van der Waals surface area contributed by atoms with Crippen LogP contribution in [0.15, 0.2) is 23.3 Å². The molecule has 58 valence electrons. The molecule has 1 heteroatoms. The van der Waals surface area contributed by atoms with E-state index < -0.39 is 0 Å². The van der Waals surface area contributed by atoms with Gasteiger partial charge in [0.25, 0.3) is 0 Å². The average molecular weight is 159 g/mol. The molecule has 10 heavy (non-hydrogen) atoms. The Labute approximate surface area is 68.6 Å². The van der Waals surface area contributed by atoms with E-state index in [-0.39, 0.29) is 0 Å². The Balaban J connectivity index is 3.42. The summed E-state index contributed by atoms with van der Waals surface area (Å²) in [6.07, 6.45) is 9.36. The first-order valence-corrected chi connectivity index (χ1v) is 4.18. The molecule has 0 heterocycles. The zero-order valence-electron chi connectivity index (χ0n) is 6.73. The van der Waals surface area contributed by atoms with E-state index in [4.69, 9.17) is 11.6 Å². The molecule has 0 aliphatic carbocycles. The summed E-state index contributed by atoms with van der Waals surface area (Å²) < 4.78 is 0. The van der Waals surface area contributed by atoms with Crippen LogP contribution in [-0.4, -0.2) is 0 Å². The molecule has 0 aliphatic rings. The lowest BCUT2D eigenvalue weighted by Gasteiger charge is -1.87. The third-order valence-corrected chi connectivity index (χ3v) is 1.64. The summed E-state index contributed by atoms with van der Waals surface area (Å²) in [5, 5.41) is 0.959. The van der Waals surface area contributed by atoms with Crippen LogP contribution in [0, 0.1) is 0 Å². The topological polar surface area (TPSA) is 0 Å². The first-order valence-electron chi connectivity index (χ1n) is 3.80. The van der Waals surface area contributed by atoms with Crippen LogP contribution in [0.3, 0.4) is 0 Å². The minimum Gasteiger partial charge on any atom is -0.0895 e. The van der Waals surface area contributed by atoms with Crippen LogP contribution in [0.5, 0.6) is 0 Å². The molecule has 0 unspecified atom stereocenters. The Morgan fingerprint density at radius 2 is 2.00 bits per heavy atom. The van der Waals surface area contributed by atoms with Crippen molar-refractivity contribution in [2.45, 2.75) is 33.1 Å². The highest BCUT2D eigenvalue weighted by atomic mass is 35.5. The molecule has 0 aliphatic heterocycles. The van der Waals surface area contributed by atoms with E-state index in [2.05, 4.69) is 26.0 Å². The molecule has 0 saturated heterocycles. The molecule has 0 aromatic rings. The summed E-state index contributed by atoms with van der Waals surface area (Å²) in [5.74, 6) is 0. The maximum Gasteiger partial charge on any atom is 0.0141 e. The van der Waals surface area contributed by atoms with Crippen LogP contribution >= 0.6 is 11.6 Å². The van der Waals surface area contributed by atoms with Gasteiger partial charge in [-0.25, -0.2) is 0 Å². The lowest BCUT2D eigenvalue weighted by Crippen LogP contribution is -1.66. The normalized spacial score (nSPS) is 12.9. The molecule has 0 saturated carbocycles. The number of allylic oxidation sites excluding steroid dienone is 4. The van der Waals surface area contributed by atoms with E-state index >= 15 is 0 Å². The van der Waals surface area contributed by atoms with Gasteiger partial charge in [0, 0.05) is 5.03 Å². The second-order valence-electron chi connectivity index (χ2n) is 2.12. The number of hydrogen-bond acceptors (Lipinski definition) is 0. The van der Waals surface area contributed by atoms with E-state index in [0.29, 0.717) is 0 Å². The van der Waals surface area contributed by atoms with Crippen molar-refractivity contribution in [3.05, 3.63) is 23.3 Å². The number of hydrogen-bond donors (Lipinski definition) is 0. The molecule has 0 rings (SSSR count). The molecule has 0 aromatic carbocycles. The van der Waals surface area contributed by atoms with E-state index in [0.717, 1.165) is 24.3 Å². The van der Waals surface area contributed by atoms with Crippen molar-refractivity contribution in [2.75, 3.05) is 0 Å². The van der Waals surface area contributed by atoms with Crippen molar-refractivity contribution in [3.8, 4) is 0 Å². The van der Waals surface area contributed by atoms with Crippen LogP contribution in [0.25, 0.3) is 0 Å². The maximum absolute atomic E-state index is 5.77. The summed E-state index contributed by atoms with van der Waals surface area (Å²) in [7, 11) is 0. The van der Waals surface area contributed by atoms with E-state index in [1.54, 1.807) is 0 Å². The van der Waals surface area contributed by atoms with Crippen molar-refractivity contribution >= 4 is 11.6 Å². The fourth-order valence-electron chi connectivity index (χ4n) is 0.603. The van der Waals surface area contributed by atoms with Gasteiger partial charge in [-0.3, -0.25) is 0 Å². The smallest absolute Gasteiger partial charge is 0.0141 e. The van der Waals surface area contributed by atoms with E-state index in [9.17, 15) is 0 Å². The summed E-state index contributed by atoms with van der Waals surface area (Å²) in [4.78, 5) is 0. The zero-order valence-corrected chi connectivity index (χ0v) is 7.49. The minimum absolute atomic E-state index is 0.946. The molecule has 0 bridgehead atoms. The summed E-state index contributed by atoms with van der Waals surface area (Å²) >= 11 is 5.77. The van der Waals surface area contributed by atoms with Crippen LogP contribution in [0.2, 0.25) is 0 Å². The lowest BCUT2D eigenvalue weighted by molar-refractivity contribution is 1.16. The third kappa shape index (κ3) is 5.90. The van der Waals surface area contributed by atoms with Crippen molar-refractivity contribution in [2.24, 2.45) is 0 Å². The largest absolute Gasteiger partial charge is 0.0895 e. The Kier molecular flexibility index (Phi) is 6.73. The lowest BCUT2D eigenvalue weighted by atomic mass is 10.3. The van der Waals surface area contributed by atoms with Gasteiger partial charge in [0.05, 0.1) is 0 Å². The van der Waals surface area contributed by atoms with Crippen molar-refractivity contribution in [1.29, 1.82) is 0 Å². The average Bonchev–Trinajstić information content (AvgIpc) is 1.98. The molecule has 0 spiro atoms. The van der Waals surface area contributed by atoms with Crippen LogP contribution in [0.4, 0.5) is 0 Å². The predicted octanol–water partition coefficient (Wildman–Crippen LogP) is 3.88. The molecule has 0 aromatic heterocycles. The Morgan fingerprint density at radius 3 is 2.50 bits per heavy atom. The summed E-state index contributed by atoms with van der Waals surface area (Å²) in [6, 6.07) is 0. The highest BCUT2D eigenvalue weighted by molar-refractivity contribution is 6.29. The Morgan fingerprint density at radius 1 is 1.30 bits per heavy atom.